The van der Waals surface area contributed by atoms with E-state index in [1.54, 1.807) is 29.2 Å². The van der Waals surface area contributed by atoms with Gasteiger partial charge < -0.3 is 10.2 Å². The second-order valence-corrected chi connectivity index (χ2v) is 6.73. The van der Waals surface area contributed by atoms with E-state index in [0.29, 0.717) is 11.9 Å². The van der Waals surface area contributed by atoms with E-state index in [1.165, 1.54) is 6.07 Å². The number of aryl methyl sites for hydroxylation is 1. The number of rotatable bonds is 3. The zero-order valence-corrected chi connectivity index (χ0v) is 14.8. The fourth-order valence-electron chi connectivity index (χ4n) is 3.35. The Balaban J connectivity index is 1.50. The Labute approximate surface area is 155 Å². The summed E-state index contributed by atoms with van der Waals surface area (Å²) in [4.78, 5) is 30.7. The molecule has 0 spiro atoms. The summed E-state index contributed by atoms with van der Waals surface area (Å²) in [6.07, 6.45) is 0.224. The minimum atomic E-state index is -0.469. The Kier molecular flexibility index (Phi) is 4.32. The van der Waals surface area contributed by atoms with Crippen molar-refractivity contribution in [2.45, 2.75) is 19.4 Å². The van der Waals surface area contributed by atoms with Crippen LogP contribution in [-0.4, -0.2) is 29.4 Å². The molecular formula is C21H18FN3O2. The number of halogens is 1. The van der Waals surface area contributed by atoms with E-state index in [-0.39, 0.29) is 29.6 Å². The van der Waals surface area contributed by atoms with Gasteiger partial charge in [0.15, 0.2) is 0 Å². The number of anilines is 1. The number of benzene rings is 2. The topological polar surface area (TPSA) is 62.3 Å². The molecule has 136 valence electrons. The van der Waals surface area contributed by atoms with Crippen LogP contribution in [0.3, 0.4) is 0 Å². The molecule has 1 atom stereocenters. The minimum Gasteiger partial charge on any atom is -0.346 e. The Morgan fingerprint density at radius 2 is 2.00 bits per heavy atom. The summed E-state index contributed by atoms with van der Waals surface area (Å²) in [7, 11) is 0. The van der Waals surface area contributed by atoms with Gasteiger partial charge in [-0.1, -0.05) is 30.3 Å². The Morgan fingerprint density at radius 1 is 1.19 bits per heavy atom. The molecule has 1 aromatic heterocycles. The van der Waals surface area contributed by atoms with Gasteiger partial charge in [0.2, 0.25) is 5.91 Å². The van der Waals surface area contributed by atoms with Gasteiger partial charge in [0.05, 0.1) is 6.04 Å². The van der Waals surface area contributed by atoms with Crippen LogP contribution in [0.5, 0.6) is 0 Å². The zero-order chi connectivity index (χ0) is 19.0. The minimum absolute atomic E-state index is 0.0385. The lowest BCUT2D eigenvalue weighted by Crippen LogP contribution is -2.37. The molecule has 5 nitrogen and oxygen atoms in total. The Morgan fingerprint density at radius 3 is 2.81 bits per heavy atom. The first-order valence-electron chi connectivity index (χ1n) is 8.74. The van der Waals surface area contributed by atoms with Crippen molar-refractivity contribution in [3.05, 3.63) is 71.7 Å². The van der Waals surface area contributed by atoms with Crippen molar-refractivity contribution in [1.29, 1.82) is 0 Å². The molecule has 0 aliphatic carbocycles. The van der Waals surface area contributed by atoms with Crippen LogP contribution in [0.15, 0.2) is 54.6 Å². The highest BCUT2D eigenvalue weighted by Gasteiger charge is 2.32. The number of para-hydroxylation sites is 1. The summed E-state index contributed by atoms with van der Waals surface area (Å²) in [6, 6.07) is 15.2. The maximum Gasteiger partial charge on any atom is 0.270 e. The highest BCUT2D eigenvalue weighted by atomic mass is 19.1. The summed E-state index contributed by atoms with van der Waals surface area (Å²) in [6.45, 7) is 2.36. The van der Waals surface area contributed by atoms with Gasteiger partial charge >= 0.3 is 0 Å². The zero-order valence-electron chi connectivity index (χ0n) is 14.8. The van der Waals surface area contributed by atoms with E-state index >= 15 is 0 Å². The van der Waals surface area contributed by atoms with Crippen molar-refractivity contribution >= 4 is 28.4 Å². The van der Waals surface area contributed by atoms with Crippen molar-refractivity contribution in [3.63, 3.8) is 0 Å². The normalized spacial score (nSPS) is 16.7. The molecule has 2 amide bonds. The van der Waals surface area contributed by atoms with E-state index in [1.807, 2.05) is 31.2 Å². The third kappa shape index (κ3) is 3.38. The third-order valence-corrected chi connectivity index (χ3v) is 4.68. The Hall–Kier alpha value is -3.28. The predicted molar refractivity (Wildman–Crippen MR) is 101 cm³/mol. The first-order chi connectivity index (χ1) is 13.0. The molecule has 0 bridgehead atoms. The maximum atomic E-state index is 13.9. The van der Waals surface area contributed by atoms with E-state index in [2.05, 4.69) is 10.3 Å². The van der Waals surface area contributed by atoms with Gasteiger partial charge in [0.25, 0.3) is 5.91 Å². The molecule has 0 saturated carbocycles. The fraction of sp³-hybridized carbons (Fsp3) is 0.190. The van der Waals surface area contributed by atoms with Gasteiger partial charge in [0, 0.05) is 24.0 Å². The molecule has 1 fully saturated rings. The van der Waals surface area contributed by atoms with Crippen LogP contribution >= 0.6 is 0 Å². The van der Waals surface area contributed by atoms with E-state index in [9.17, 15) is 14.0 Å². The number of fused-ring (bicyclic) bond motifs is 1. The van der Waals surface area contributed by atoms with Crippen LogP contribution in [0, 0.1) is 12.7 Å². The van der Waals surface area contributed by atoms with Gasteiger partial charge in [-0.3, -0.25) is 9.59 Å². The van der Waals surface area contributed by atoms with Gasteiger partial charge in [-0.05, 0) is 36.8 Å². The molecule has 1 unspecified atom stereocenters. The van der Waals surface area contributed by atoms with Gasteiger partial charge in [-0.25, -0.2) is 9.37 Å². The van der Waals surface area contributed by atoms with E-state index in [0.717, 1.165) is 11.3 Å². The molecule has 27 heavy (non-hydrogen) atoms. The van der Waals surface area contributed by atoms with Crippen LogP contribution in [0.2, 0.25) is 0 Å². The van der Waals surface area contributed by atoms with Crippen LogP contribution in [0.25, 0.3) is 10.9 Å². The summed E-state index contributed by atoms with van der Waals surface area (Å²) in [5.41, 5.74) is 2.18. The first kappa shape index (κ1) is 17.1. The van der Waals surface area contributed by atoms with Crippen LogP contribution in [-0.2, 0) is 4.79 Å². The number of pyridine rings is 1. The molecule has 0 radical (unpaired) electrons. The number of amides is 2. The molecular weight excluding hydrogens is 345 g/mol. The predicted octanol–water partition coefficient (Wildman–Crippen LogP) is 3.22. The number of carbonyl (C=O) groups is 2. The summed E-state index contributed by atoms with van der Waals surface area (Å²) < 4.78 is 13.9. The molecule has 1 saturated heterocycles. The molecule has 2 heterocycles. The molecule has 4 rings (SSSR count). The van der Waals surface area contributed by atoms with Gasteiger partial charge in [0.1, 0.15) is 17.0 Å². The second kappa shape index (κ2) is 6.79. The fourth-order valence-corrected chi connectivity index (χ4v) is 3.35. The largest absolute Gasteiger partial charge is 0.346 e. The van der Waals surface area contributed by atoms with Gasteiger partial charge in [-0.2, -0.15) is 0 Å². The van der Waals surface area contributed by atoms with Crippen molar-refractivity contribution in [2.75, 3.05) is 11.4 Å². The van der Waals surface area contributed by atoms with Gasteiger partial charge in [-0.15, -0.1) is 0 Å². The lowest BCUT2D eigenvalue weighted by molar-refractivity contribution is -0.117. The molecule has 1 N–H and O–H groups in total. The second-order valence-electron chi connectivity index (χ2n) is 6.73. The van der Waals surface area contributed by atoms with Crippen molar-refractivity contribution < 1.29 is 14.0 Å². The lowest BCUT2D eigenvalue weighted by Gasteiger charge is -2.17. The maximum absolute atomic E-state index is 13.9. The number of hydrogen-bond acceptors (Lipinski definition) is 3. The number of carbonyl (C=O) groups excluding carboxylic acids is 2. The quantitative estimate of drug-likeness (QED) is 0.777. The smallest absolute Gasteiger partial charge is 0.270 e. The number of nitrogens with zero attached hydrogens (tertiary/aromatic N) is 2. The van der Waals surface area contributed by atoms with Crippen LogP contribution < -0.4 is 10.2 Å². The summed E-state index contributed by atoms with van der Waals surface area (Å²) in [5.74, 6) is -0.920. The average Bonchev–Trinajstić information content (AvgIpc) is 3.02. The molecule has 2 aromatic carbocycles. The van der Waals surface area contributed by atoms with Crippen molar-refractivity contribution in [3.8, 4) is 0 Å². The summed E-state index contributed by atoms with van der Waals surface area (Å²) in [5, 5.41) is 3.47. The SMILES string of the molecule is Cc1cccc(N2CC(NC(=O)c3ccc4cccc(F)c4n3)CC2=O)c1. The molecule has 1 aliphatic heterocycles. The van der Waals surface area contributed by atoms with Crippen LogP contribution in [0.1, 0.15) is 22.5 Å². The molecule has 1 aliphatic rings. The number of aromatic nitrogens is 1. The lowest BCUT2D eigenvalue weighted by atomic mass is 10.2. The summed E-state index contributed by atoms with van der Waals surface area (Å²) >= 11 is 0. The number of hydrogen-bond donors (Lipinski definition) is 1. The highest BCUT2D eigenvalue weighted by Crippen LogP contribution is 2.23. The van der Waals surface area contributed by atoms with Crippen molar-refractivity contribution in [1.82, 2.24) is 10.3 Å². The Bertz CT molecular complexity index is 1050. The standard InChI is InChI=1S/C21H18FN3O2/c1-13-4-2-6-16(10-13)25-12-15(11-19(25)26)23-21(27)18-9-8-14-5-3-7-17(22)20(14)24-18/h2-10,15H,11-12H2,1H3,(H,23,27). The molecule has 3 aromatic rings. The van der Waals surface area contributed by atoms with E-state index < -0.39 is 11.7 Å². The monoisotopic (exact) mass is 363 g/mol. The third-order valence-electron chi connectivity index (χ3n) is 4.68. The van der Waals surface area contributed by atoms with Crippen LogP contribution in [0.4, 0.5) is 10.1 Å². The average molecular weight is 363 g/mol. The first-order valence-corrected chi connectivity index (χ1v) is 8.74. The van der Waals surface area contributed by atoms with Crippen molar-refractivity contribution in [2.24, 2.45) is 0 Å². The highest BCUT2D eigenvalue weighted by molar-refractivity contribution is 5.99. The number of nitrogens with one attached hydrogen (secondary N) is 1. The van der Waals surface area contributed by atoms with E-state index in [4.69, 9.17) is 0 Å². The molecule has 6 heteroatoms.